The number of Topliss-reactive ketones (excluding diaryl/α,β-unsaturated/α-hetero) is 1. The highest BCUT2D eigenvalue weighted by Crippen LogP contribution is 2.37. The van der Waals surface area contributed by atoms with Crippen molar-refractivity contribution >= 4 is 17.5 Å². The van der Waals surface area contributed by atoms with Gasteiger partial charge in [0.05, 0.1) is 0 Å². The summed E-state index contributed by atoms with van der Waals surface area (Å²) in [5, 5.41) is 0. The van der Waals surface area contributed by atoms with Gasteiger partial charge in [0.1, 0.15) is 5.71 Å². The van der Waals surface area contributed by atoms with E-state index < -0.39 is 11.7 Å². The van der Waals surface area contributed by atoms with Crippen LogP contribution in [0.1, 0.15) is 29.3 Å². The molecule has 0 saturated carbocycles. The quantitative estimate of drug-likeness (QED) is 0.629. The molecule has 2 aromatic rings. The third-order valence-electron chi connectivity index (χ3n) is 3.48. The Balaban J connectivity index is 1.94. The average molecular weight is 293 g/mol. The first-order valence-electron chi connectivity index (χ1n) is 7.15. The summed E-state index contributed by atoms with van der Waals surface area (Å²) in [6.45, 7) is 1.69. The van der Waals surface area contributed by atoms with E-state index in [1.165, 1.54) is 0 Å². The first-order chi connectivity index (χ1) is 10.7. The van der Waals surface area contributed by atoms with E-state index in [4.69, 9.17) is 4.74 Å². The number of carbonyl (C=O) groups excluding carboxylic acids is 2. The number of hydrogen-bond donors (Lipinski definition) is 0. The van der Waals surface area contributed by atoms with Gasteiger partial charge >= 0.3 is 11.7 Å². The van der Waals surface area contributed by atoms with E-state index in [9.17, 15) is 9.59 Å². The van der Waals surface area contributed by atoms with Crippen molar-refractivity contribution in [3.63, 3.8) is 0 Å². The minimum Gasteiger partial charge on any atom is -0.423 e. The number of aliphatic imine (C=N–C) groups is 1. The SMILES string of the molecule is CCC(=O)OC1(C(=O)c2ccccc2)N=C1c1ccccc1. The summed E-state index contributed by atoms with van der Waals surface area (Å²) in [5.41, 5.74) is 0.274. The van der Waals surface area contributed by atoms with Crippen LogP contribution in [0.2, 0.25) is 0 Å². The Hall–Kier alpha value is -2.75. The number of rotatable bonds is 5. The summed E-state index contributed by atoms with van der Waals surface area (Å²) < 4.78 is 5.39. The Morgan fingerprint density at radius 3 is 2.18 bits per heavy atom. The lowest BCUT2D eigenvalue weighted by molar-refractivity contribution is -0.147. The minimum absolute atomic E-state index is 0.196. The zero-order chi connectivity index (χ0) is 15.6. The van der Waals surface area contributed by atoms with Crippen LogP contribution in [0.3, 0.4) is 0 Å². The molecule has 2 aromatic carbocycles. The van der Waals surface area contributed by atoms with Gasteiger partial charge in [0.25, 0.3) is 0 Å². The molecule has 0 spiro atoms. The molecule has 0 amide bonds. The fraction of sp³-hybridized carbons (Fsp3) is 0.167. The molecule has 1 unspecified atom stereocenters. The van der Waals surface area contributed by atoms with Crippen LogP contribution in [-0.4, -0.2) is 23.2 Å². The molecule has 0 aliphatic carbocycles. The topological polar surface area (TPSA) is 55.7 Å². The number of benzene rings is 2. The summed E-state index contributed by atoms with van der Waals surface area (Å²) in [4.78, 5) is 28.7. The van der Waals surface area contributed by atoms with Crippen LogP contribution in [0.5, 0.6) is 0 Å². The maximum atomic E-state index is 12.8. The molecule has 1 heterocycles. The van der Waals surface area contributed by atoms with E-state index in [2.05, 4.69) is 4.99 Å². The minimum atomic E-state index is -1.49. The molecule has 0 aromatic heterocycles. The van der Waals surface area contributed by atoms with Gasteiger partial charge in [0.15, 0.2) is 0 Å². The molecule has 0 N–H and O–H groups in total. The van der Waals surface area contributed by atoms with Crippen LogP contribution in [0, 0.1) is 0 Å². The van der Waals surface area contributed by atoms with Gasteiger partial charge < -0.3 is 4.74 Å². The second kappa shape index (κ2) is 5.56. The van der Waals surface area contributed by atoms with E-state index in [-0.39, 0.29) is 12.2 Å². The molecule has 1 aliphatic rings. The second-order valence-corrected chi connectivity index (χ2v) is 4.99. The Bertz CT molecular complexity index is 737. The number of hydrogen-bond acceptors (Lipinski definition) is 4. The summed E-state index contributed by atoms with van der Waals surface area (Å²) in [7, 11) is 0. The van der Waals surface area contributed by atoms with Gasteiger partial charge in [-0.25, -0.2) is 4.99 Å². The standard InChI is InChI=1S/C18H15NO3/c1-2-15(20)22-18(17(21)14-11-7-4-8-12-14)16(19-18)13-9-5-3-6-10-13/h3-12H,2H2,1H3. The fourth-order valence-electron chi connectivity index (χ4n) is 2.28. The van der Waals surface area contributed by atoms with Crippen LogP contribution >= 0.6 is 0 Å². The lowest BCUT2D eigenvalue weighted by atomic mass is 9.99. The van der Waals surface area contributed by atoms with Crippen LogP contribution in [0.25, 0.3) is 0 Å². The van der Waals surface area contributed by atoms with E-state index in [0.717, 1.165) is 5.56 Å². The molecule has 22 heavy (non-hydrogen) atoms. The van der Waals surface area contributed by atoms with Crippen molar-refractivity contribution in [3.05, 3.63) is 71.8 Å². The van der Waals surface area contributed by atoms with E-state index in [1.54, 1.807) is 31.2 Å². The number of esters is 1. The first kappa shape index (κ1) is 14.2. The van der Waals surface area contributed by atoms with Gasteiger partial charge in [-0.1, -0.05) is 67.6 Å². The molecule has 3 rings (SSSR count). The van der Waals surface area contributed by atoms with E-state index in [1.807, 2.05) is 36.4 Å². The Kier molecular flexibility index (Phi) is 3.59. The average Bonchev–Trinajstić information content (AvgIpc) is 3.31. The molecular formula is C18H15NO3. The lowest BCUT2D eigenvalue weighted by Crippen LogP contribution is -2.36. The monoisotopic (exact) mass is 293 g/mol. The zero-order valence-corrected chi connectivity index (χ0v) is 12.2. The molecule has 0 bridgehead atoms. The van der Waals surface area contributed by atoms with Crippen LogP contribution in [-0.2, 0) is 9.53 Å². The molecule has 4 heteroatoms. The van der Waals surface area contributed by atoms with E-state index >= 15 is 0 Å². The number of carbonyl (C=O) groups is 2. The predicted molar refractivity (Wildman–Crippen MR) is 82.9 cm³/mol. The second-order valence-electron chi connectivity index (χ2n) is 4.99. The van der Waals surface area contributed by atoms with Gasteiger partial charge in [-0.3, -0.25) is 9.59 Å². The van der Waals surface area contributed by atoms with Gasteiger partial charge in [-0.05, 0) is 0 Å². The van der Waals surface area contributed by atoms with Gasteiger partial charge in [-0.2, -0.15) is 0 Å². The highest BCUT2D eigenvalue weighted by molar-refractivity contribution is 6.33. The largest absolute Gasteiger partial charge is 0.423 e. The van der Waals surface area contributed by atoms with Crippen molar-refractivity contribution < 1.29 is 14.3 Å². The molecule has 4 nitrogen and oxygen atoms in total. The zero-order valence-electron chi connectivity index (χ0n) is 12.2. The Labute approximate surface area is 128 Å². The van der Waals surface area contributed by atoms with Crippen molar-refractivity contribution in [2.24, 2.45) is 4.99 Å². The van der Waals surface area contributed by atoms with Crippen LogP contribution < -0.4 is 0 Å². The van der Waals surface area contributed by atoms with Gasteiger partial charge in [0, 0.05) is 17.5 Å². The predicted octanol–water partition coefficient (Wildman–Crippen LogP) is 3.02. The maximum absolute atomic E-state index is 12.8. The molecule has 0 radical (unpaired) electrons. The molecule has 0 saturated heterocycles. The molecule has 0 fully saturated rings. The number of ketones is 1. The number of nitrogens with zero attached hydrogens (tertiary/aromatic N) is 1. The highest BCUT2D eigenvalue weighted by Gasteiger charge is 2.58. The highest BCUT2D eigenvalue weighted by atomic mass is 16.6. The third kappa shape index (κ3) is 2.44. The summed E-state index contributed by atoms with van der Waals surface area (Å²) in [5.74, 6) is -0.757. The molecule has 1 atom stereocenters. The summed E-state index contributed by atoms with van der Waals surface area (Å²) >= 11 is 0. The Morgan fingerprint density at radius 2 is 1.59 bits per heavy atom. The maximum Gasteiger partial charge on any atom is 0.310 e. The van der Waals surface area contributed by atoms with Crippen molar-refractivity contribution in [3.8, 4) is 0 Å². The number of ether oxygens (including phenoxy) is 1. The Morgan fingerprint density at radius 1 is 1.00 bits per heavy atom. The van der Waals surface area contributed by atoms with Gasteiger partial charge in [-0.15, -0.1) is 0 Å². The van der Waals surface area contributed by atoms with Crippen molar-refractivity contribution in [1.29, 1.82) is 0 Å². The van der Waals surface area contributed by atoms with Crippen molar-refractivity contribution in [1.82, 2.24) is 0 Å². The fourth-order valence-corrected chi connectivity index (χ4v) is 2.28. The summed E-state index contributed by atoms with van der Waals surface area (Å²) in [6.07, 6.45) is 0.196. The normalized spacial score (nSPS) is 19.2. The van der Waals surface area contributed by atoms with Crippen molar-refractivity contribution in [2.75, 3.05) is 0 Å². The van der Waals surface area contributed by atoms with Crippen LogP contribution in [0.15, 0.2) is 65.7 Å². The van der Waals surface area contributed by atoms with Crippen LogP contribution in [0.4, 0.5) is 0 Å². The third-order valence-corrected chi connectivity index (χ3v) is 3.48. The van der Waals surface area contributed by atoms with E-state index in [0.29, 0.717) is 11.3 Å². The molecule has 1 aliphatic heterocycles. The summed E-state index contributed by atoms with van der Waals surface area (Å²) in [6, 6.07) is 18.0. The molecular weight excluding hydrogens is 278 g/mol. The van der Waals surface area contributed by atoms with Gasteiger partial charge in [0.2, 0.25) is 5.78 Å². The first-order valence-corrected chi connectivity index (χ1v) is 7.15. The van der Waals surface area contributed by atoms with Crippen molar-refractivity contribution in [2.45, 2.75) is 19.1 Å². The molecule has 110 valence electrons. The lowest BCUT2D eigenvalue weighted by Gasteiger charge is -2.15. The smallest absolute Gasteiger partial charge is 0.310 e.